The van der Waals surface area contributed by atoms with Crippen molar-refractivity contribution >= 4 is 71.4 Å². The lowest BCUT2D eigenvalue weighted by Crippen LogP contribution is -2.37. The third-order valence-electron chi connectivity index (χ3n) is 10.1. The minimum atomic E-state index is -5.17. The van der Waals surface area contributed by atoms with Gasteiger partial charge < -0.3 is 35.9 Å². The first-order valence-corrected chi connectivity index (χ1v) is 22.6. The molecule has 21 heteroatoms. The van der Waals surface area contributed by atoms with Gasteiger partial charge in [0.05, 0.1) is 17.0 Å². The van der Waals surface area contributed by atoms with Crippen molar-refractivity contribution in [2.24, 2.45) is 5.14 Å². The van der Waals surface area contributed by atoms with E-state index in [1.807, 2.05) is 0 Å². The first-order chi connectivity index (χ1) is 28.9. The van der Waals surface area contributed by atoms with E-state index in [0.29, 0.717) is 42.2 Å². The molecule has 61 heavy (non-hydrogen) atoms. The van der Waals surface area contributed by atoms with Crippen LogP contribution in [0, 0.1) is 17.5 Å². The van der Waals surface area contributed by atoms with Crippen molar-refractivity contribution in [1.82, 2.24) is 10.6 Å². The summed E-state index contributed by atoms with van der Waals surface area (Å²) in [6.07, 6.45) is 4.05. The second-order valence-electron chi connectivity index (χ2n) is 14.4. The monoisotopic (exact) mass is 903 g/mol. The van der Waals surface area contributed by atoms with E-state index in [2.05, 4.69) is 21.3 Å². The Morgan fingerprint density at radius 2 is 1.49 bits per heavy atom. The number of carbonyl (C=O) groups is 2. The highest BCUT2D eigenvalue weighted by Gasteiger charge is 2.37. The highest BCUT2D eigenvalue weighted by Crippen LogP contribution is 2.43. The number of aromatic carboxylic acids is 1. The van der Waals surface area contributed by atoms with Crippen LogP contribution in [0.2, 0.25) is 0 Å². The van der Waals surface area contributed by atoms with Gasteiger partial charge in [0.15, 0.2) is 42.7 Å². The number of thiocarbonyl (C=S) groups is 1. The van der Waals surface area contributed by atoms with Crippen molar-refractivity contribution < 1.29 is 54.2 Å². The summed E-state index contributed by atoms with van der Waals surface area (Å²) in [5.41, 5.74) is 0.1000. The van der Waals surface area contributed by atoms with Crippen LogP contribution in [0.5, 0.6) is 5.75 Å². The van der Waals surface area contributed by atoms with Crippen molar-refractivity contribution in [1.29, 1.82) is 0 Å². The quantitative estimate of drug-likeness (QED) is 0.0318. The molecule has 1 aliphatic heterocycles. The molecule has 8 N–H and O–H groups in total. The second kappa shape index (κ2) is 18.5. The maximum atomic E-state index is 15.7. The van der Waals surface area contributed by atoms with Gasteiger partial charge in [-0.15, -0.1) is 0 Å². The molecule has 6 rings (SSSR count). The number of hydrogen-bond donors (Lipinski definition) is 7. The van der Waals surface area contributed by atoms with E-state index in [9.17, 15) is 45.8 Å². The van der Waals surface area contributed by atoms with Gasteiger partial charge in [-0.3, -0.25) is 9.59 Å². The summed E-state index contributed by atoms with van der Waals surface area (Å²) in [5, 5.41) is 36.4. The first-order valence-electron chi connectivity index (χ1n) is 19.0. The molecule has 324 valence electrons. The molecule has 1 fully saturated rings. The number of carboxylic acid groups (broad SMARTS) is 1. The predicted octanol–water partition coefficient (Wildman–Crippen LogP) is 5.82. The number of nitrogens with one attached hydrogen (secondary N) is 4. The first kappa shape index (κ1) is 44.8. The van der Waals surface area contributed by atoms with Crippen LogP contribution in [0.4, 0.5) is 24.5 Å². The predicted molar refractivity (Wildman–Crippen MR) is 224 cm³/mol. The number of benzene rings is 4. The van der Waals surface area contributed by atoms with E-state index < -0.39 is 82.9 Å². The lowest BCUT2D eigenvalue weighted by molar-refractivity contribution is -0.120. The Morgan fingerprint density at radius 3 is 2.18 bits per heavy atom. The van der Waals surface area contributed by atoms with Gasteiger partial charge >= 0.3 is 5.97 Å². The minimum absolute atomic E-state index is 0.0102. The zero-order valence-electron chi connectivity index (χ0n) is 32.1. The number of phenols is 1. The van der Waals surface area contributed by atoms with Gasteiger partial charge in [-0.1, -0.05) is 38.2 Å². The van der Waals surface area contributed by atoms with Crippen LogP contribution < -0.4 is 31.8 Å². The summed E-state index contributed by atoms with van der Waals surface area (Å²) < 4.78 is 103. The maximum Gasteiger partial charge on any atom is 0.336 e. The Hall–Kier alpha value is -5.77. The average molecular weight is 904 g/mol. The number of nitrogens with two attached hydrogens (primary N) is 1. The number of amides is 1. The van der Waals surface area contributed by atoms with Gasteiger partial charge in [0.2, 0.25) is 15.9 Å². The van der Waals surface area contributed by atoms with Crippen LogP contribution in [0.1, 0.15) is 61.7 Å². The van der Waals surface area contributed by atoms with Crippen LogP contribution in [0.3, 0.4) is 0 Å². The van der Waals surface area contributed by atoms with Crippen LogP contribution >= 0.6 is 12.2 Å². The number of carbonyl (C=O) groups excluding carboxylic acids is 1. The molecule has 2 aliphatic carbocycles. The van der Waals surface area contributed by atoms with Gasteiger partial charge in [0, 0.05) is 59.9 Å². The molecule has 0 bridgehead atoms. The maximum absolute atomic E-state index is 15.7. The topological polar surface area (TPSA) is 247 Å². The number of primary sulfonamides is 1. The fraction of sp³-hybridized carbons (Fsp3) is 0.300. The zero-order valence-corrected chi connectivity index (χ0v) is 34.6. The number of fused-ring (bicyclic) bond motifs is 2. The molecule has 15 nitrogen and oxygen atoms in total. The largest absolute Gasteiger partial charge is 0.508 e. The molecule has 3 aromatic carbocycles. The minimum Gasteiger partial charge on any atom is -0.508 e. The van der Waals surface area contributed by atoms with E-state index in [1.165, 1.54) is 42.5 Å². The van der Waals surface area contributed by atoms with Crippen LogP contribution in [-0.2, 0) is 24.7 Å². The second-order valence-corrected chi connectivity index (χ2v) is 18.3. The summed E-state index contributed by atoms with van der Waals surface area (Å²) in [6, 6.07) is 12.3. The molecule has 3 aromatic rings. The SMILES string of the molecule is NS(=O)(=O)c1c(F)c(F)c(S(=O)(=O)CCC(=O)NCCNC(=S)Nc2ccc(-c3c4ccc(=O)cc-4oc4cc(O)ccc34)c(C(=O)O)c2)c(NC2CCCCCCC2)c1F. The molecule has 0 unspecified atom stereocenters. The van der Waals surface area contributed by atoms with Gasteiger partial charge in [-0.2, -0.15) is 0 Å². The number of sulfone groups is 1. The van der Waals surface area contributed by atoms with E-state index in [0.717, 1.165) is 19.3 Å². The van der Waals surface area contributed by atoms with Crippen molar-refractivity contribution in [3.8, 4) is 28.2 Å². The van der Waals surface area contributed by atoms with E-state index in [-0.39, 0.29) is 57.5 Å². The number of hydrogen-bond acceptors (Lipinski definition) is 11. The number of carboxylic acids is 1. The molecule has 1 saturated carbocycles. The molecule has 0 radical (unpaired) electrons. The number of rotatable bonds is 13. The number of aromatic hydroxyl groups is 1. The van der Waals surface area contributed by atoms with Crippen molar-refractivity contribution in [3.63, 3.8) is 0 Å². The highest BCUT2D eigenvalue weighted by atomic mass is 32.2. The average Bonchev–Trinajstić information content (AvgIpc) is 3.17. The van der Waals surface area contributed by atoms with Crippen LogP contribution in [0.25, 0.3) is 33.4 Å². The Labute approximate surface area is 352 Å². The van der Waals surface area contributed by atoms with E-state index in [4.69, 9.17) is 21.8 Å². The third-order valence-corrected chi connectivity index (χ3v) is 13.0. The molecule has 0 aromatic heterocycles. The van der Waals surface area contributed by atoms with E-state index in [1.54, 1.807) is 12.1 Å². The highest BCUT2D eigenvalue weighted by molar-refractivity contribution is 7.91. The number of phenolic OH excluding ortho intramolecular Hbond substituents is 1. The van der Waals surface area contributed by atoms with E-state index >= 15 is 8.78 Å². The van der Waals surface area contributed by atoms with Crippen molar-refractivity contribution in [2.45, 2.75) is 67.2 Å². The summed E-state index contributed by atoms with van der Waals surface area (Å²) >= 11 is 5.33. The molecule has 3 aliphatic rings. The molecule has 0 saturated heterocycles. The molecule has 0 atom stereocenters. The number of sulfonamides is 1. The van der Waals surface area contributed by atoms with Crippen molar-refractivity contribution in [3.05, 3.63) is 87.8 Å². The molecular weight excluding hydrogens is 864 g/mol. The van der Waals surface area contributed by atoms with Crippen molar-refractivity contribution in [2.75, 3.05) is 29.5 Å². The fourth-order valence-electron chi connectivity index (χ4n) is 7.23. The lowest BCUT2D eigenvalue weighted by atomic mass is 9.90. The molecule has 0 spiro atoms. The fourth-order valence-corrected chi connectivity index (χ4v) is 9.62. The number of anilines is 2. The zero-order chi connectivity index (χ0) is 44.2. The molecule has 1 amide bonds. The summed E-state index contributed by atoms with van der Waals surface area (Å²) in [6.45, 7) is -0.126. The Kier molecular flexibility index (Phi) is 13.6. The van der Waals surface area contributed by atoms with Gasteiger partial charge in [0.1, 0.15) is 22.0 Å². The Bertz CT molecular complexity index is 2800. The lowest BCUT2D eigenvalue weighted by Gasteiger charge is -2.25. The summed E-state index contributed by atoms with van der Waals surface area (Å²) in [5.74, 6) is -9.47. The smallest absolute Gasteiger partial charge is 0.336 e. The Morgan fingerprint density at radius 1 is 0.836 bits per heavy atom. The third kappa shape index (κ3) is 10.2. The Balaban J connectivity index is 1.10. The van der Waals surface area contributed by atoms with Crippen LogP contribution in [-0.4, -0.2) is 68.9 Å². The summed E-state index contributed by atoms with van der Waals surface area (Å²) in [7, 11) is -10.1. The number of halogens is 3. The van der Waals surface area contributed by atoms with Gasteiger partial charge in [0.25, 0.3) is 0 Å². The van der Waals surface area contributed by atoms with Crippen LogP contribution in [0.15, 0.2) is 73.6 Å². The summed E-state index contributed by atoms with van der Waals surface area (Å²) in [4.78, 5) is 34.1. The standard InChI is InChI=1S/C40H40F3N5O10S3/c41-33-34(42)38(36(35(43)37(33)61(44,56)57)47-21-6-4-2-1-3-5-7-21)60(54,55)17-14-31(51)45-15-16-46-40(59)48-22-8-11-25(28(18-22)39(52)53)32-26-12-9-23(49)19-29(26)58-30-20-24(50)10-13-27(30)32/h8-13,18-21,47,49H,1-7,14-17H2,(H,45,51)(H,52,53)(H2,44,56,57)(H2,46,48,59). The molecular formula is C40H40F3N5O10S3. The molecule has 1 heterocycles. The normalized spacial score (nSPS) is 14.0. The van der Waals surface area contributed by atoms with Gasteiger partial charge in [-0.05, 0) is 67.0 Å². The van der Waals surface area contributed by atoms with Gasteiger partial charge in [-0.25, -0.2) is 39.9 Å².